The van der Waals surface area contributed by atoms with Crippen LogP contribution in [-0.2, 0) is 4.79 Å². The van der Waals surface area contributed by atoms with E-state index in [1.54, 1.807) is 0 Å². The number of urea groups is 1. The smallest absolute Gasteiger partial charge is 0.326 e. The molecule has 0 aromatic rings. The van der Waals surface area contributed by atoms with Gasteiger partial charge in [-0.3, -0.25) is 0 Å². The van der Waals surface area contributed by atoms with Crippen LogP contribution >= 0.6 is 0 Å². The Morgan fingerprint density at radius 2 is 2.11 bits per heavy atom. The molecule has 0 aromatic heterocycles. The Labute approximate surface area is 108 Å². The predicted molar refractivity (Wildman–Crippen MR) is 68.5 cm³/mol. The monoisotopic (exact) mass is 257 g/mol. The van der Waals surface area contributed by atoms with Crippen molar-refractivity contribution in [1.82, 2.24) is 15.5 Å². The van der Waals surface area contributed by atoms with Crippen LogP contribution in [0.1, 0.15) is 32.6 Å². The van der Waals surface area contributed by atoms with Gasteiger partial charge in [-0.05, 0) is 26.3 Å². The molecule has 0 bridgehead atoms. The van der Waals surface area contributed by atoms with Crippen molar-refractivity contribution in [3.8, 4) is 0 Å². The highest BCUT2D eigenvalue weighted by atomic mass is 16.4. The van der Waals surface area contributed by atoms with E-state index >= 15 is 0 Å². The van der Waals surface area contributed by atoms with E-state index in [1.165, 1.54) is 12.8 Å². The molecule has 0 spiro atoms. The van der Waals surface area contributed by atoms with Gasteiger partial charge in [0, 0.05) is 19.1 Å². The number of carboxylic acids is 1. The fourth-order valence-electron chi connectivity index (χ4n) is 1.80. The molecule has 6 heteroatoms. The summed E-state index contributed by atoms with van der Waals surface area (Å²) in [6.07, 6.45) is 3.65. The van der Waals surface area contributed by atoms with Gasteiger partial charge in [0.15, 0.2) is 0 Å². The van der Waals surface area contributed by atoms with E-state index in [4.69, 9.17) is 5.11 Å². The normalized spacial score (nSPS) is 16.4. The lowest BCUT2D eigenvalue weighted by Crippen LogP contribution is -2.47. The molecule has 1 rings (SSSR count). The quantitative estimate of drug-likeness (QED) is 0.596. The van der Waals surface area contributed by atoms with Crippen molar-refractivity contribution in [2.45, 2.75) is 44.7 Å². The van der Waals surface area contributed by atoms with Crippen molar-refractivity contribution in [3.63, 3.8) is 0 Å². The Morgan fingerprint density at radius 3 is 2.61 bits per heavy atom. The average Bonchev–Trinajstić information content (AvgIpc) is 3.11. The molecule has 1 fully saturated rings. The molecular weight excluding hydrogens is 234 g/mol. The maximum Gasteiger partial charge on any atom is 0.326 e. The molecule has 18 heavy (non-hydrogen) atoms. The first-order valence-electron chi connectivity index (χ1n) is 6.52. The Morgan fingerprint density at radius 1 is 1.44 bits per heavy atom. The topological polar surface area (TPSA) is 81.7 Å². The molecule has 0 aromatic carbocycles. The first kappa shape index (κ1) is 14.8. The van der Waals surface area contributed by atoms with Gasteiger partial charge in [-0.25, -0.2) is 9.59 Å². The zero-order valence-electron chi connectivity index (χ0n) is 11.1. The number of amides is 2. The SMILES string of the molecule is CCC[C@@H](NC(=O)NCCN(C)C1CC1)C(=O)O. The third-order valence-corrected chi connectivity index (χ3v) is 3.10. The summed E-state index contributed by atoms with van der Waals surface area (Å²) >= 11 is 0. The van der Waals surface area contributed by atoms with Gasteiger partial charge in [0.1, 0.15) is 6.04 Å². The van der Waals surface area contributed by atoms with Crippen molar-refractivity contribution in [2.75, 3.05) is 20.1 Å². The standard InChI is InChI=1S/C12H23N3O3/c1-3-4-10(11(16)17)14-12(18)13-7-8-15(2)9-5-6-9/h9-10H,3-8H2,1-2H3,(H,16,17)(H2,13,14,18)/t10-/m1/s1. The zero-order chi connectivity index (χ0) is 13.5. The number of aliphatic carboxylic acids is 1. The molecule has 1 aliphatic carbocycles. The third-order valence-electron chi connectivity index (χ3n) is 3.10. The zero-order valence-corrected chi connectivity index (χ0v) is 11.1. The minimum atomic E-state index is -0.984. The van der Waals surface area contributed by atoms with Crippen LogP contribution in [0.2, 0.25) is 0 Å². The number of rotatable bonds is 8. The van der Waals surface area contributed by atoms with E-state index in [1.807, 2.05) is 14.0 Å². The molecule has 1 saturated carbocycles. The molecule has 1 atom stereocenters. The minimum Gasteiger partial charge on any atom is -0.480 e. The largest absolute Gasteiger partial charge is 0.480 e. The van der Waals surface area contributed by atoms with Crippen LogP contribution < -0.4 is 10.6 Å². The van der Waals surface area contributed by atoms with Crippen molar-refractivity contribution < 1.29 is 14.7 Å². The fourth-order valence-corrected chi connectivity index (χ4v) is 1.80. The molecular formula is C12H23N3O3. The maximum absolute atomic E-state index is 11.5. The van der Waals surface area contributed by atoms with Gasteiger partial charge < -0.3 is 20.6 Å². The summed E-state index contributed by atoms with van der Waals surface area (Å²) in [6.45, 7) is 3.22. The highest BCUT2D eigenvalue weighted by Gasteiger charge is 2.25. The molecule has 6 nitrogen and oxygen atoms in total. The van der Waals surface area contributed by atoms with Gasteiger partial charge in [-0.1, -0.05) is 13.3 Å². The Balaban J connectivity index is 2.16. The fraction of sp³-hybridized carbons (Fsp3) is 0.833. The van der Waals surface area contributed by atoms with Gasteiger partial charge in [0.25, 0.3) is 0 Å². The number of hydrogen-bond acceptors (Lipinski definition) is 3. The van der Waals surface area contributed by atoms with Crippen LogP contribution in [0.3, 0.4) is 0 Å². The maximum atomic E-state index is 11.5. The lowest BCUT2D eigenvalue weighted by molar-refractivity contribution is -0.139. The first-order chi connectivity index (χ1) is 8.54. The second-order valence-electron chi connectivity index (χ2n) is 4.79. The van der Waals surface area contributed by atoms with Crippen molar-refractivity contribution in [1.29, 1.82) is 0 Å². The Hall–Kier alpha value is -1.30. The highest BCUT2D eigenvalue weighted by Crippen LogP contribution is 2.24. The molecule has 2 amide bonds. The van der Waals surface area contributed by atoms with Crippen molar-refractivity contribution in [2.24, 2.45) is 0 Å². The predicted octanol–water partition coefficient (Wildman–Crippen LogP) is 0.633. The van der Waals surface area contributed by atoms with E-state index in [-0.39, 0.29) is 0 Å². The van der Waals surface area contributed by atoms with Crippen molar-refractivity contribution >= 4 is 12.0 Å². The molecule has 0 radical (unpaired) electrons. The molecule has 1 aliphatic rings. The lowest BCUT2D eigenvalue weighted by Gasteiger charge is -2.17. The summed E-state index contributed by atoms with van der Waals surface area (Å²) in [7, 11) is 2.04. The van der Waals surface area contributed by atoms with E-state index in [0.717, 1.165) is 13.0 Å². The molecule has 3 N–H and O–H groups in total. The summed E-state index contributed by atoms with van der Waals surface area (Å²) in [4.78, 5) is 24.6. The van der Waals surface area contributed by atoms with E-state index < -0.39 is 18.0 Å². The lowest BCUT2D eigenvalue weighted by atomic mass is 10.2. The van der Waals surface area contributed by atoms with E-state index in [9.17, 15) is 9.59 Å². The summed E-state index contributed by atoms with van der Waals surface area (Å²) in [5, 5.41) is 14.0. The second-order valence-corrected chi connectivity index (χ2v) is 4.79. The number of nitrogens with one attached hydrogen (secondary N) is 2. The van der Waals surface area contributed by atoms with Gasteiger partial charge in [0.2, 0.25) is 0 Å². The average molecular weight is 257 g/mol. The molecule has 0 heterocycles. The van der Waals surface area contributed by atoms with E-state index in [2.05, 4.69) is 15.5 Å². The van der Waals surface area contributed by atoms with Gasteiger partial charge in [0.05, 0.1) is 0 Å². The number of hydrogen-bond donors (Lipinski definition) is 3. The van der Waals surface area contributed by atoms with Crippen LogP contribution in [0.4, 0.5) is 4.79 Å². The summed E-state index contributed by atoms with van der Waals surface area (Å²) in [5.74, 6) is -0.984. The number of carbonyl (C=O) groups excluding carboxylic acids is 1. The van der Waals surface area contributed by atoms with Gasteiger partial charge in [-0.2, -0.15) is 0 Å². The van der Waals surface area contributed by atoms with Crippen LogP contribution in [0.5, 0.6) is 0 Å². The van der Waals surface area contributed by atoms with Crippen LogP contribution in [-0.4, -0.2) is 54.2 Å². The van der Waals surface area contributed by atoms with Crippen LogP contribution in [0.15, 0.2) is 0 Å². The van der Waals surface area contributed by atoms with Crippen LogP contribution in [0, 0.1) is 0 Å². The number of nitrogens with zero attached hydrogens (tertiary/aromatic N) is 1. The minimum absolute atomic E-state index is 0.403. The van der Waals surface area contributed by atoms with Crippen molar-refractivity contribution in [3.05, 3.63) is 0 Å². The summed E-state index contributed by atoms with van der Waals surface area (Å²) in [6, 6.07) is -0.530. The second kappa shape index (κ2) is 7.20. The number of likely N-dealkylation sites (N-methyl/N-ethyl adjacent to an activating group) is 1. The summed E-state index contributed by atoms with van der Waals surface area (Å²) in [5.41, 5.74) is 0. The Kier molecular flexibility index (Phi) is 5.91. The summed E-state index contributed by atoms with van der Waals surface area (Å²) < 4.78 is 0. The molecule has 0 unspecified atom stereocenters. The number of carboxylic acid groups (broad SMARTS) is 1. The van der Waals surface area contributed by atoms with Crippen LogP contribution in [0.25, 0.3) is 0 Å². The third kappa shape index (κ3) is 5.35. The van der Waals surface area contributed by atoms with E-state index in [0.29, 0.717) is 19.0 Å². The van der Waals surface area contributed by atoms with Gasteiger partial charge >= 0.3 is 12.0 Å². The molecule has 104 valence electrons. The highest BCUT2D eigenvalue weighted by molar-refractivity contribution is 5.82. The number of carbonyl (C=O) groups is 2. The Bertz CT molecular complexity index is 292. The first-order valence-corrected chi connectivity index (χ1v) is 6.52. The van der Waals surface area contributed by atoms with Gasteiger partial charge in [-0.15, -0.1) is 0 Å². The molecule has 0 saturated heterocycles. The molecule has 0 aliphatic heterocycles.